The zero-order valence-electron chi connectivity index (χ0n) is 13.5. The molecule has 126 valence electrons. The summed E-state index contributed by atoms with van der Waals surface area (Å²) in [6.45, 7) is 0.107. The average molecular weight is 335 g/mol. The highest BCUT2D eigenvalue weighted by molar-refractivity contribution is 6.08. The highest BCUT2D eigenvalue weighted by atomic mass is 16.2. The second kappa shape index (κ2) is 5.44. The highest BCUT2D eigenvalue weighted by Gasteiger charge is 2.55. The van der Waals surface area contributed by atoms with Crippen LogP contribution in [0.2, 0.25) is 0 Å². The molecule has 0 saturated carbocycles. The summed E-state index contributed by atoms with van der Waals surface area (Å²) in [6.07, 6.45) is 1.32. The number of nitrogens with one attached hydrogen (secondary N) is 1. The van der Waals surface area contributed by atoms with E-state index in [9.17, 15) is 14.4 Å². The number of fused-ring (bicyclic) bond motifs is 2. The summed E-state index contributed by atoms with van der Waals surface area (Å²) in [5, 5.41) is 2.89. The van der Waals surface area contributed by atoms with Crippen LogP contribution in [0, 0.1) is 0 Å². The van der Waals surface area contributed by atoms with Crippen molar-refractivity contribution in [2.45, 2.75) is 24.9 Å². The number of amides is 4. The molecule has 6 nitrogen and oxygen atoms in total. The molecule has 2 aromatic rings. The lowest BCUT2D eigenvalue weighted by Gasteiger charge is -2.22. The number of primary amides is 1. The van der Waals surface area contributed by atoms with E-state index in [1.165, 1.54) is 4.90 Å². The monoisotopic (exact) mass is 335 g/mol. The summed E-state index contributed by atoms with van der Waals surface area (Å²) >= 11 is 0. The van der Waals surface area contributed by atoms with Gasteiger partial charge in [-0.15, -0.1) is 0 Å². The van der Waals surface area contributed by atoms with E-state index in [4.69, 9.17) is 5.73 Å². The first-order valence-electron chi connectivity index (χ1n) is 8.12. The number of nitrogens with two attached hydrogens (primary N) is 1. The zero-order valence-corrected chi connectivity index (χ0v) is 13.5. The van der Waals surface area contributed by atoms with Crippen LogP contribution in [0.15, 0.2) is 48.5 Å². The van der Waals surface area contributed by atoms with Gasteiger partial charge < -0.3 is 11.1 Å². The summed E-state index contributed by atoms with van der Waals surface area (Å²) in [4.78, 5) is 38.1. The number of carbonyl (C=O) groups excluding carboxylic acids is 3. The fourth-order valence-corrected chi connectivity index (χ4v) is 3.74. The number of imide groups is 1. The number of nitrogens with zero attached hydrogens (tertiary/aromatic N) is 1. The summed E-state index contributed by atoms with van der Waals surface area (Å²) < 4.78 is 0. The fraction of sp³-hybridized carbons (Fsp3) is 0.211. The van der Waals surface area contributed by atoms with Crippen LogP contribution in [0.1, 0.15) is 33.5 Å². The lowest BCUT2D eigenvalue weighted by Crippen LogP contribution is -2.41. The van der Waals surface area contributed by atoms with Gasteiger partial charge in [0.1, 0.15) is 5.54 Å². The molecule has 3 N–H and O–H groups in total. The molecule has 1 saturated heterocycles. The molecule has 6 heteroatoms. The van der Waals surface area contributed by atoms with E-state index in [2.05, 4.69) is 5.32 Å². The van der Waals surface area contributed by atoms with Crippen LogP contribution in [-0.2, 0) is 23.3 Å². The van der Waals surface area contributed by atoms with Gasteiger partial charge in [0.2, 0.25) is 5.91 Å². The number of urea groups is 1. The van der Waals surface area contributed by atoms with E-state index in [0.717, 1.165) is 17.5 Å². The van der Waals surface area contributed by atoms with Crippen LogP contribution in [-0.4, -0.2) is 22.7 Å². The van der Waals surface area contributed by atoms with Crippen LogP contribution in [0.25, 0.3) is 0 Å². The lowest BCUT2D eigenvalue weighted by atomic mass is 9.92. The van der Waals surface area contributed by atoms with Gasteiger partial charge in [-0.05, 0) is 41.7 Å². The SMILES string of the molecule is NC(=O)c1cccc(CN2C(=O)NC3(CCc4ccccc43)C2=O)c1. The number of rotatable bonds is 3. The maximum absolute atomic E-state index is 13.1. The second-order valence-electron chi connectivity index (χ2n) is 6.45. The van der Waals surface area contributed by atoms with Gasteiger partial charge in [-0.25, -0.2) is 4.79 Å². The van der Waals surface area contributed by atoms with Crippen molar-refractivity contribution in [3.8, 4) is 0 Å². The smallest absolute Gasteiger partial charge is 0.325 e. The molecule has 0 aromatic heterocycles. The van der Waals surface area contributed by atoms with Crippen LogP contribution < -0.4 is 11.1 Å². The average Bonchev–Trinajstić information content (AvgIpc) is 3.09. The van der Waals surface area contributed by atoms with Gasteiger partial charge in [0.05, 0.1) is 6.54 Å². The van der Waals surface area contributed by atoms with E-state index in [1.807, 2.05) is 24.3 Å². The maximum atomic E-state index is 13.1. The zero-order chi connectivity index (χ0) is 17.6. The van der Waals surface area contributed by atoms with Gasteiger partial charge in [0.25, 0.3) is 5.91 Å². The summed E-state index contributed by atoms with van der Waals surface area (Å²) in [7, 11) is 0. The lowest BCUT2D eigenvalue weighted by molar-refractivity contribution is -0.132. The Hall–Kier alpha value is -3.15. The molecule has 1 heterocycles. The van der Waals surface area contributed by atoms with Crippen LogP contribution in [0.3, 0.4) is 0 Å². The molecule has 1 aliphatic heterocycles. The van der Waals surface area contributed by atoms with Crippen molar-refractivity contribution in [2.24, 2.45) is 5.73 Å². The van der Waals surface area contributed by atoms with Crippen molar-refractivity contribution in [1.82, 2.24) is 10.2 Å². The van der Waals surface area contributed by atoms with Gasteiger partial charge in [-0.1, -0.05) is 36.4 Å². The first-order valence-corrected chi connectivity index (χ1v) is 8.12. The van der Waals surface area contributed by atoms with Crippen LogP contribution >= 0.6 is 0 Å². The first-order chi connectivity index (χ1) is 12.0. The van der Waals surface area contributed by atoms with E-state index < -0.39 is 17.5 Å². The Morgan fingerprint density at radius 3 is 2.76 bits per heavy atom. The number of hydrogen-bond acceptors (Lipinski definition) is 3. The predicted octanol–water partition coefficient (Wildman–Crippen LogP) is 1.68. The summed E-state index contributed by atoms with van der Waals surface area (Å²) in [6, 6.07) is 14.0. The molecule has 1 fully saturated rings. The third-order valence-corrected chi connectivity index (χ3v) is 4.97. The Labute approximate surface area is 144 Å². The largest absolute Gasteiger partial charge is 0.366 e. The number of aryl methyl sites for hydroxylation is 1. The minimum absolute atomic E-state index is 0.107. The van der Waals surface area contributed by atoms with Crippen molar-refractivity contribution < 1.29 is 14.4 Å². The second-order valence-corrected chi connectivity index (χ2v) is 6.45. The molecule has 25 heavy (non-hydrogen) atoms. The van der Waals surface area contributed by atoms with E-state index in [1.54, 1.807) is 24.3 Å². The summed E-state index contributed by atoms with van der Waals surface area (Å²) in [5.74, 6) is -0.785. The van der Waals surface area contributed by atoms with Crippen molar-refractivity contribution in [3.05, 3.63) is 70.8 Å². The van der Waals surface area contributed by atoms with Gasteiger partial charge >= 0.3 is 6.03 Å². The van der Waals surface area contributed by atoms with Crippen molar-refractivity contribution in [3.63, 3.8) is 0 Å². The molecule has 2 aliphatic rings. The van der Waals surface area contributed by atoms with E-state index in [0.29, 0.717) is 17.5 Å². The molecule has 1 aliphatic carbocycles. The van der Waals surface area contributed by atoms with E-state index in [-0.39, 0.29) is 12.5 Å². The minimum atomic E-state index is -0.963. The predicted molar refractivity (Wildman–Crippen MR) is 90.5 cm³/mol. The van der Waals surface area contributed by atoms with Gasteiger partial charge in [-0.3, -0.25) is 14.5 Å². The number of benzene rings is 2. The third kappa shape index (κ3) is 2.29. The number of hydrogen-bond donors (Lipinski definition) is 2. The van der Waals surface area contributed by atoms with Crippen molar-refractivity contribution in [2.75, 3.05) is 0 Å². The van der Waals surface area contributed by atoms with Crippen molar-refractivity contribution >= 4 is 17.8 Å². The third-order valence-electron chi connectivity index (χ3n) is 4.97. The molecule has 0 radical (unpaired) electrons. The highest BCUT2D eigenvalue weighted by Crippen LogP contribution is 2.41. The van der Waals surface area contributed by atoms with Gasteiger partial charge in [0, 0.05) is 5.56 Å². The molecule has 1 atom stereocenters. The fourth-order valence-electron chi connectivity index (χ4n) is 3.74. The van der Waals surface area contributed by atoms with Crippen molar-refractivity contribution in [1.29, 1.82) is 0 Å². The molecule has 4 amide bonds. The van der Waals surface area contributed by atoms with Crippen LogP contribution in [0.4, 0.5) is 4.79 Å². The Bertz CT molecular complexity index is 908. The Kier molecular flexibility index (Phi) is 3.35. The maximum Gasteiger partial charge on any atom is 0.325 e. The van der Waals surface area contributed by atoms with E-state index >= 15 is 0 Å². The molecule has 1 unspecified atom stereocenters. The molecular weight excluding hydrogens is 318 g/mol. The quantitative estimate of drug-likeness (QED) is 0.836. The minimum Gasteiger partial charge on any atom is -0.366 e. The molecule has 1 spiro atoms. The van der Waals surface area contributed by atoms with Gasteiger partial charge in [-0.2, -0.15) is 0 Å². The first kappa shape index (κ1) is 15.4. The molecule has 4 rings (SSSR count). The summed E-state index contributed by atoms with van der Waals surface area (Å²) in [5.41, 5.74) is 7.33. The Morgan fingerprint density at radius 2 is 1.96 bits per heavy atom. The Balaban J connectivity index is 1.65. The normalized spacial score (nSPS) is 21.5. The molecule has 2 aromatic carbocycles. The standard InChI is InChI=1S/C19H17N3O3/c20-16(23)14-6-3-4-12(10-14)11-22-17(24)19(21-18(22)25)9-8-13-5-1-2-7-15(13)19/h1-7,10H,8-9,11H2,(H2,20,23)(H,21,25). The Morgan fingerprint density at radius 1 is 1.16 bits per heavy atom. The topological polar surface area (TPSA) is 92.5 Å². The number of carbonyl (C=O) groups is 3. The van der Waals surface area contributed by atoms with Gasteiger partial charge in [0.15, 0.2) is 0 Å². The van der Waals surface area contributed by atoms with Crippen LogP contribution in [0.5, 0.6) is 0 Å². The molecule has 0 bridgehead atoms. The molecular formula is C19H17N3O3.